The minimum absolute atomic E-state index is 0.0250. The summed E-state index contributed by atoms with van der Waals surface area (Å²) in [4.78, 5) is 17.8. The summed E-state index contributed by atoms with van der Waals surface area (Å²) in [6.07, 6.45) is 4.25. The SMILES string of the molecule is O=C1CNCCC2c3c(c(-c4ccc(F)nc4)cc[n+]3[O-])CCN12. The van der Waals surface area contributed by atoms with Crippen LogP contribution in [0, 0.1) is 11.2 Å². The van der Waals surface area contributed by atoms with E-state index in [9.17, 15) is 14.4 Å². The summed E-state index contributed by atoms with van der Waals surface area (Å²) in [5.74, 6) is -0.508. The van der Waals surface area contributed by atoms with Gasteiger partial charge in [0.1, 0.15) is 6.04 Å². The van der Waals surface area contributed by atoms with Crippen LogP contribution in [0.15, 0.2) is 30.6 Å². The van der Waals surface area contributed by atoms with Crippen molar-refractivity contribution in [1.29, 1.82) is 0 Å². The predicted octanol–water partition coefficient (Wildman–Crippen LogP) is 0.940. The van der Waals surface area contributed by atoms with Crippen molar-refractivity contribution < 1.29 is 13.9 Å². The second kappa shape index (κ2) is 5.83. The lowest BCUT2D eigenvalue weighted by atomic mass is 9.90. The first-order chi connectivity index (χ1) is 11.6. The maximum absolute atomic E-state index is 13.1. The van der Waals surface area contributed by atoms with Gasteiger partial charge in [0.2, 0.25) is 17.5 Å². The number of pyridine rings is 2. The van der Waals surface area contributed by atoms with Crippen LogP contribution in [0.4, 0.5) is 4.39 Å². The van der Waals surface area contributed by atoms with Gasteiger partial charge in [-0.1, -0.05) is 0 Å². The zero-order valence-electron chi connectivity index (χ0n) is 13.0. The fourth-order valence-electron chi connectivity index (χ4n) is 3.67. The third-order valence-corrected chi connectivity index (χ3v) is 4.77. The molecule has 4 rings (SSSR count). The maximum Gasteiger partial charge on any atom is 0.237 e. The molecule has 0 aliphatic carbocycles. The summed E-state index contributed by atoms with van der Waals surface area (Å²) < 4.78 is 14.0. The fraction of sp³-hybridized carbons (Fsp3) is 0.353. The van der Waals surface area contributed by atoms with Crippen molar-refractivity contribution in [3.63, 3.8) is 0 Å². The van der Waals surface area contributed by atoms with Crippen molar-refractivity contribution in [3.8, 4) is 11.1 Å². The van der Waals surface area contributed by atoms with Gasteiger partial charge in [0.25, 0.3) is 0 Å². The van der Waals surface area contributed by atoms with E-state index in [4.69, 9.17) is 0 Å². The number of amides is 1. The third kappa shape index (κ3) is 2.41. The van der Waals surface area contributed by atoms with Crippen LogP contribution in [0.25, 0.3) is 11.1 Å². The molecule has 0 spiro atoms. The second-order valence-corrected chi connectivity index (χ2v) is 6.11. The molecule has 2 aromatic heterocycles. The van der Waals surface area contributed by atoms with Gasteiger partial charge < -0.3 is 15.4 Å². The van der Waals surface area contributed by atoms with E-state index in [1.165, 1.54) is 18.5 Å². The Morgan fingerprint density at radius 3 is 3.04 bits per heavy atom. The van der Waals surface area contributed by atoms with E-state index in [0.29, 0.717) is 38.2 Å². The van der Waals surface area contributed by atoms with E-state index in [0.717, 1.165) is 21.4 Å². The molecule has 2 aliphatic rings. The largest absolute Gasteiger partial charge is 0.618 e. The van der Waals surface area contributed by atoms with Crippen molar-refractivity contribution in [2.45, 2.75) is 18.9 Å². The Bertz CT molecular complexity index is 794. The van der Waals surface area contributed by atoms with E-state index in [2.05, 4.69) is 10.3 Å². The molecule has 1 amide bonds. The molecule has 0 radical (unpaired) electrons. The number of nitrogens with zero attached hydrogens (tertiary/aromatic N) is 3. The van der Waals surface area contributed by atoms with Crippen molar-refractivity contribution in [2.75, 3.05) is 19.6 Å². The molecule has 4 heterocycles. The molecule has 1 fully saturated rings. The quantitative estimate of drug-likeness (QED) is 0.480. The highest BCUT2D eigenvalue weighted by atomic mass is 19.1. The molecule has 1 unspecified atom stereocenters. The van der Waals surface area contributed by atoms with Crippen molar-refractivity contribution in [3.05, 3.63) is 53.0 Å². The Hall–Kier alpha value is -2.54. The van der Waals surface area contributed by atoms with E-state index in [1.54, 1.807) is 17.0 Å². The Kier molecular flexibility index (Phi) is 3.65. The average Bonchev–Trinajstić information content (AvgIpc) is 2.78. The standard InChI is InChI=1S/C17H17FN4O2/c18-15-2-1-11(9-20-15)12-5-8-22(24)17-13(12)4-7-21-14(17)3-6-19-10-16(21)23/h1-2,5,8-9,14,19H,3-4,6-7,10H2. The topological polar surface area (TPSA) is 72.2 Å². The van der Waals surface area contributed by atoms with Gasteiger partial charge in [-0.25, -0.2) is 4.98 Å². The first kappa shape index (κ1) is 15.0. The van der Waals surface area contributed by atoms with Crippen LogP contribution >= 0.6 is 0 Å². The molecule has 1 atom stereocenters. The Balaban J connectivity index is 1.84. The predicted molar refractivity (Wildman–Crippen MR) is 84.2 cm³/mol. The van der Waals surface area contributed by atoms with Gasteiger partial charge in [0, 0.05) is 29.9 Å². The number of carbonyl (C=O) groups is 1. The highest BCUT2D eigenvalue weighted by Crippen LogP contribution is 2.35. The van der Waals surface area contributed by atoms with Crippen LogP contribution in [0.2, 0.25) is 0 Å². The minimum Gasteiger partial charge on any atom is -0.618 e. The van der Waals surface area contributed by atoms with E-state index in [-0.39, 0.29) is 11.9 Å². The lowest BCUT2D eigenvalue weighted by Crippen LogP contribution is -2.47. The van der Waals surface area contributed by atoms with Gasteiger partial charge in [0.05, 0.1) is 6.54 Å². The van der Waals surface area contributed by atoms with Gasteiger partial charge in [-0.15, -0.1) is 0 Å². The maximum atomic E-state index is 13.1. The molecule has 0 aromatic carbocycles. The van der Waals surface area contributed by atoms with Crippen molar-refractivity contribution in [1.82, 2.24) is 15.2 Å². The summed E-state index contributed by atoms with van der Waals surface area (Å²) in [7, 11) is 0. The number of halogens is 1. The molecule has 2 aliphatic heterocycles. The fourth-order valence-corrected chi connectivity index (χ4v) is 3.67. The summed E-state index contributed by atoms with van der Waals surface area (Å²) >= 11 is 0. The van der Waals surface area contributed by atoms with Gasteiger partial charge in [-0.3, -0.25) is 4.79 Å². The van der Waals surface area contributed by atoms with Gasteiger partial charge in [0.15, 0.2) is 6.20 Å². The highest BCUT2D eigenvalue weighted by Gasteiger charge is 2.38. The Labute approximate surface area is 138 Å². The number of fused-ring (bicyclic) bond motifs is 3. The molecule has 7 heteroatoms. The number of aromatic nitrogens is 2. The summed E-state index contributed by atoms with van der Waals surface area (Å²) in [5, 5.41) is 15.6. The van der Waals surface area contributed by atoms with E-state index < -0.39 is 5.95 Å². The number of hydrogen-bond acceptors (Lipinski definition) is 4. The molecular formula is C17H17FN4O2. The lowest BCUT2D eigenvalue weighted by molar-refractivity contribution is -0.618. The Morgan fingerprint density at radius 2 is 2.25 bits per heavy atom. The number of rotatable bonds is 1. The summed E-state index contributed by atoms with van der Waals surface area (Å²) in [5.41, 5.74) is 3.21. The lowest BCUT2D eigenvalue weighted by Gasteiger charge is -2.34. The van der Waals surface area contributed by atoms with Crippen LogP contribution in [-0.4, -0.2) is 35.4 Å². The number of hydrogen-bond donors (Lipinski definition) is 1. The summed E-state index contributed by atoms with van der Waals surface area (Å²) in [6.45, 7) is 1.59. The molecular weight excluding hydrogens is 311 g/mol. The molecule has 1 N–H and O–H groups in total. The smallest absolute Gasteiger partial charge is 0.237 e. The molecule has 6 nitrogen and oxygen atoms in total. The molecule has 124 valence electrons. The molecule has 2 aromatic rings. The molecule has 1 saturated heterocycles. The average molecular weight is 328 g/mol. The first-order valence-corrected chi connectivity index (χ1v) is 8.02. The van der Waals surface area contributed by atoms with Crippen molar-refractivity contribution >= 4 is 5.91 Å². The van der Waals surface area contributed by atoms with Gasteiger partial charge in [-0.05, 0) is 37.1 Å². The minimum atomic E-state index is -0.533. The summed E-state index contributed by atoms with van der Waals surface area (Å²) in [6, 6.07) is 4.50. The highest BCUT2D eigenvalue weighted by molar-refractivity contribution is 5.80. The van der Waals surface area contributed by atoms with Crippen LogP contribution < -0.4 is 10.0 Å². The monoisotopic (exact) mass is 328 g/mol. The van der Waals surface area contributed by atoms with Crippen molar-refractivity contribution in [2.24, 2.45) is 0 Å². The van der Waals surface area contributed by atoms with Crippen LogP contribution in [-0.2, 0) is 11.2 Å². The first-order valence-electron chi connectivity index (χ1n) is 8.02. The van der Waals surface area contributed by atoms with Crippen LogP contribution in [0.5, 0.6) is 0 Å². The zero-order valence-corrected chi connectivity index (χ0v) is 13.0. The normalized spacial score (nSPS) is 20.3. The number of nitrogens with one attached hydrogen (secondary N) is 1. The third-order valence-electron chi connectivity index (χ3n) is 4.77. The molecule has 0 bridgehead atoms. The van der Waals surface area contributed by atoms with Gasteiger partial charge >= 0.3 is 0 Å². The number of carbonyl (C=O) groups excluding carboxylic acids is 1. The molecule has 0 saturated carbocycles. The van der Waals surface area contributed by atoms with E-state index in [1.807, 2.05) is 0 Å². The van der Waals surface area contributed by atoms with Crippen LogP contribution in [0.3, 0.4) is 0 Å². The molecule has 24 heavy (non-hydrogen) atoms. The second-order valence-electron chi connectivity index (χ2n) is 6.11. The Morgan fingerprint density at radius 1 is 1.38 bits per heavy atom. The van der Waals surface area contributed by atoms with Gasteiger partial charge in [-0.2, -0.15) is 9.12 Å². The van der Waals surface area contributed by atoms with E-state index >= 15 is 0 Å². The zero-order chi connectivity index (χ0) is 16.7. The van der Waals surface area contributed by atoms with Crippen LogP contribution in [0.1, 0.15) is 23.7 Å².